The van der Waals surface area contributed by atoms with Gasteiger partial charge in [-0.2, -0.15) is 12.6 Å². The molecule has 0 aliphatic carbocycles. The van der Waals surface area contributed by atoms with Gasteiger partial charge in [0, 0.05) is 13.5 Å². The number of carbonyl (C=O) groups is 1. The van der Waals surface area contributed by atoms with Gasteiger partial charge in [0.25, 0.3) is 0 Å². The Balaban J connectivity index is 2.41. The van der Waals surface area contributed by atoms with Crippen LogP contribution >= 0.6 is 12.6 Å². The summed E-state index contributed by atoms with van der Waals surface area (Å²) in [4.78, 5) is 12.9. The van der Waals surface area contributed by atoms with Gasteiger partial charge in [0.05, 0.1) is 12.8 Å². The van der Waals surface area contributed by atoms with E-state index in [1.807, 2.05) is 12.1 Å². The summed E-state index contributed by atoms with van der Waals surface area (Å²) in [7, 11) is 1.76. The molecule has 1 heterocycles. The van der Waals surface area contributed by atoms with Crippen molar-refractivity contribution in [3.05, 3.63) is 24.2 Å². The van der Waals surface area contributed by atoms with E-state index in [4.69, 9.17) is 4.42 Å². The zero-order valence-electron chi connectivity index (χ0n) is 7.56. The number of furan rings is 1. The molecule has 0 N–H and O–H groups in total. The quantitative estimate of drug-likeness (QED) is 0.746. The third-order valence-electron chi connectivity index (χ3n) is 1.72. The molecule has 13 heavy (non-hydrogen) atoms. The zero-order valence-corrected chi connectivity index (χ0v) is 8.46. The second-order valence-electron chi connectivity index (χ2n) is 2.80. The largest absolute Gasteiger partial charge is 0.467 e. The lowest BCUT2D eigenvalue weighted by Gasteiger charge is -2.14. The van der Waals surface area contributed by atoms with Crippen molar-refractivity contribution in [1.29, 1.82) is 0 Å². The Kier molecular flexibility index (Phi) is 3.89. The lowest BCUT2D eigenvalue weighted by atomic mass is 10.3. The minimum atomic E-state index is 0.0893. The Bertz CT molecular complexity index is 259. The first kappa shape index (κ1) is 10.2. The Hall–Kier alpha value is -0.900. The third-order valence-corrected chi connectivity index (χ3v) is 1.95. The van der Waals surface area contributed by atoms with Crippen LogP contribution < -0.4 is 0 Å². The van der Waals surface area contributed by atoms with Crippen LogP contribution in [0.3, 0.4) is 0 Å². The number of hydrogen-bond donors (Lipinski definition) is 1. The molecule has 1 rings (SSSR count). The predicted molar refractivity (Wildman–Crippen MR) is 53.7 cm³/mol. The fourth-order valence-corrected chi connectivity index (χ4v) is 1.20. The summed E-state index contributed by atoms with van der Waals surface area (Å²) in [5, 5.41) is 0. The Morgan fingerprint density at radius 3 is 3.00 bits per heavy atom. The van der Waals surface area contributed by atoms with Crippen molar-refractivity contribution >= 4 is 18.5 Å². The summed E-state index contributed by atoms with van der Waals surface area (Å²) in [6.07, 6.45) is 2.08. The SMILES string of the molecule is CN(Cc1ccco1)C(=O)CCS. The lowest BCUT2D eigenvalue weighted by Crippen LogP contribution is -2.25. The molecule has 0 saturated carbocycles. The summed E-state index contributed by atoms with van der Waals surface area (Å²) in [5.41, 5.74) is 0. The van der Waals surface area contributed by atoms with Gasteiger partial charge in [0.15, 0.2) is 0 Å². The summed E-state index contributed by atoms with van der Waals surface area (Å²) in [6.45, 7) is 0.527. The molecular formula is C9H13NO2S. The fraction of sp³-hybridized carbons (Fsp3) is 0.444. The second-order valence-corrected chi connectivity index (χ2v) is 3.25. The molecule has 4 heteroatoms. The van der Waals surface area contributed by atoms with E-state index in [0.717, 1.165) is 5.76 Å². The summed E-state index contributed by atoms with van der Waals surface area (Å²) >= 11 is 4.00. The Morgan fingerprint density at radius 1 is 1.69 bits per heavy atom. The Labute approximate surface area is 83.1 Å². The van der Waals surface area contributed by atoms with E-state index in [2.05, 4.69) is 12.6 Å². The van der Waals surface area contributed by atoms with Gasteiger partial charge in [-0.15, -0.1) is 0 Å². The van der Waals surface area contributed by atoms with Crippen LogP contribution in [0.4, 0.5) is 0 Å². The molecule has 72 valence electrons. The van der Waals surface area contributed by atoms with Crippen molar-refractivity contribution < 1.29 is 9.21 Å². The highest BCUT2D eigenvalue weighted by Gasteiger charge is 2.08. The van der Waals surface area contributed by atoms with Crippen LogP contribution in [0.25, 0.3) is 0 Å². The van der Waals surface area contributed by atoms with Gasteiger partial charge in [0.2, 0.25) is 5.91 Å². The van der Waals surface area contributed by atoms with Crippen LogP contribution in [0.15, 0.2) is 22.8 Å². The molecular weight excluding hydrogens is 186 g/mol. The molecule has 0 unspecified atom stereocenters. The maximum absolute atomic E-state index is 11.3. The van der Waals surface area contributed by atoms with Gasteiger partial charge in [-0.3, -0.25) is 4.79 Å². The molecule has 1 amide bonds. The van der Waals surface area contributed by atoms with Crippen LogP contribution in [0, 0.1) is 0 Å². The van der Waals surface area contributed by atoms with E-state index in [1.165, 1.54) is 0 Å². The van der Waals surface area contributed by atoms with Crippen molar-refractivity contribution in [1.82, 2.24) is 4.90 Å². The average molecular weight is 199 g/mol. The third kappa shape index (κ3) is 3.14. The predicted octanol–water partition coefficient (Wildman–Crippen LogP) is 1.56. The first-order valence-electron chi connectivity index (χ1n) is 4.11. The fourth-order valence-electron chi connectivity index (χ4n) is 1.01. The standard InChI is InChI=1S/C9H13NO2S/c1-10(9(11)4-6-13)7-8-3-2-5-12-8/h2-3,5,13H,4,6-7H2,1H3. The zero-order chi connectivity index (χ0) is 9.68. The van der Waals surface area contributed by atoms with Gasteiger partial charge >= 0.3 is 0 Å². The summed E-state index contributed by atoms with van der Waals surface area (Å²) in [6, 6.07) is 3.66. The monoisotopic (exact) mass is 199 g/mol. The van der Waals surface area contributed by atoms with Gasteiger partial charge < -0.3 is 9.32 Å². The molecule has 0 spiro atoms. The summed E-state index contributed by atoms with van der Waals surface area (Å²) < 4.78 is 5.12. The smallest absolute Gasteiger partial charge is 0.223 e. The van der Waals surface area contributed by atoms with E-state index >= 15 is 0 Å². The maximum atomic E-state index is 11.3. The van der Waals surface area contributed by atoms with Crippen molar-refractivity contribution in [3.8, 4) is 0 Å². The number of hydrogen-bond acceptors (Lipinski definition) is 3. The normalized spacial score (nSPS) is 10.0. The number of carbonyl (C=O) groups excluding carboxylic acids is 1. The van der Waals surface area contributed by atoms with Crippen LogP contribution in [0.2, 0.25) is 0 Å². The van der Waals surface area contributed by atoms with Crippen LogP contribution in [0.5, 0.6) is 0 Å². The average Bonchev–Trinajstić information content (AvgIpc) is 2.57. The van der Waals surface area contributed by atoms with Crippen LogP contribution in [-0.2, 0) is 11.3 Å². The van der Waals surface area contributed by atoms with Gasteiger partial charge in [-0.05, 0) is 17.9 Å². The van der Waals surface area contributed by atoms with E-state index in [-0.39, 0.29) is 5.91 Å². The first-order valence-corrected chi connectivity index (χ1v) is 4.74. The minimum absolute atomic E-state index is 0.0893. The molecule has 0 aliphatic rings. The molecule has 0 radical (unpaired) electrons. The van der Waals surface area contributed by atoms with Crippen molar-refractivity contribution in [2.75, 3.05) is 12.8 Å². The maximum Gasteiger partial charge on any atom is 0.223 e. The van der Waals surface area contributed by atoms with Crippen LogP contribution in [-0.4, -0.2) is 23.6 Å². The molecule has 3 nitrogen and oxygen atoms in total. The molecule has 1 aromatic heterocycles. The van der Waals surface area contributed by atoms with Gasteiger partial charge in [-0.25, -0.2) is 0 Å². The highest BCUT2D eigenvalue weighted by molar-refractivity contribution is 7.80. The molecule has 0 saturated heterocycles. The first-order chi connectivity index (χ1) is 6.24. The van der Waals surface area contributed by atoms with Crippen molar-refractivity contribution in [3.63, 3.8) is 0 Å². The topological polar surface area (TPSA) is 33.5 Å². The molecule has 0 fully saturated rings. The lowest BCUT2D eigenvalue weighted by molar-refractivity contribution is -0.130. The number of rotatable bonds is 4. The number of thiol groups is 1. The molecule has 1 aromatic rings. The van der Waals surface area contributed by atoms with E-state index in [0.29, 0.717) is 18.7 Å². The highest BCUT2D eigenvalue weighted by Crippen LogP contribution is 2.04. The molecule has 0 aromatic carbocycles. The van der Waals surface area contributed by atoms with Crippen molar-refractivity contribution in [2.24, 2.45) is 0 Å². The molecule has 0 aliphatic heterocycles. The molecule has 0 bridgehead atoms. The minimum Gasteiger partial charge on any atom is -0.467 e. The van der Waals surface area contributed by atoms with E-state index < -0.39 is 0 Å². The number of amides is 1. The highest BCUT2D eigenvalue weighted by atomic mass is 32.1. The number of nitrogens with zero attached hydrogens (tertiary/aromatic N) is 1. The Morgan fingerprint density at radius 2 is 2.46 bits per heavy atom. The van der Waals surface area contributed by atoms with E-state index in [9.17, 15) is 4.79 Å². The summed E-state index contributed by atoms with van der Waals surface area (Å²) in [5.74, 6) is 1.47. The second kappa shape index (κ2) is 4.97. The molecule has 0 atom stereocenters. The van der Waals surface area contributed by atoms with Crippen LogP contribution in [0.1, 0.15) is 12.2 Å². The van der Waals surface area contributed by atoms with Gasteiger partial charge in [-0.1, -0.05) is 0 Å². The van der Waals surface area contributed by atoms with E-state index in [1.54, 1.807) is 18.2 Å². The van der Waals surface area contributed by atoms with Gasteiger partial charge in [0.1, 0.15) is 5.76 Å². The van der Waals surface area contributed by atoms with Crippen molar-refractivity contribution in [2.45, 2.75) is 13.0 Å².